The Balaban J connectivity index is 1.44. The quantitative estimate of drug-likeness (QED) is 0.372. The smallest absolute Gasteiger partial charge is 0.263 e. The monoisotopic (exact) mass is 455 g/mol. The van der Waals surface area contributed by atoms with Crippen molar-refractivity contribution in [1.29, 1.82) is 0 Å². The van der Waals surface area contributed by atoms with E-state index in [1.54, 1.807) is 4.57 Å². The summed E-state index contributed by atoms with van der Waals surface area (Å²) in [7, 11) is 0. The lowest BCUT2D eigenvalue weighted by atomic mass is 10.2. The zero-order chi connectivity index (χ0) is 22.6. The fourth-order valence-corrected chi connectivity index (χ4v) is 4.59. The van der Waals surface area contributed by atoms with E-state index < -0.39 is 0 Å². The van der Waals surface area contributed by atoms with Crippen LogP contribution in [0.1, 0.15) is 12.0 Å². The van der Waals surface area contributed by atoms with Crippen molar-refractivity contribution in [3.63, 3.8) is 0 Å². The van der Waals surface area contributed by atoms with Gasteiger partial charge in [0, 0.05) is 17.9 Å². The molecular formula is C25H21N5O2S. The third-order valence-corrected chi connectivity index (χ3v) is 6.21. The second kappa shape index (κ2) is 9.30. The number of anilines is 1. The summed E-state index contributed by atoms with van der Waals surface area (Å²) in [5.41, 5.74) is 2.43. The van der Waals surface area contributed by atoms with Crippen LogP contribution in [0.3, 0.4) is 0 Å². The van der Waals surface area contributed by atoms with Crippen LogP contribution >= 0.6 is 11.8 Å². The Labute approximate surface area is 194 Å². The van der Waals surface area contributed by atoms with Gasteiger partial charge in [0.25, 0.3) is 5.56 Å². The number of aromatic nitrogens is 4. The van der Waals surface area contributed by atoms with Crippen LogP contribution in [-0.4, -0.2) is 30.8 Å². The van der Waals surface area contributed by atoms with Gasteiger partial charge in [0.2, 0.25) is 11.7 Å². The molecule has 0 aliphatic rings. The first kappa shape index (κ1) is 21.0. The van der Waals surface area contributed by atoms with Crippen LogP contribution < -0.4 is 10.9 Å². The van der Waals surface area contributed by atoms with E-state index in [9.17, 15) is 9.59 Å². The van der Waals surface area contributed by atoms with Crippen molar-refractivity contribution in [3.05, 3.63) is 101 Å². The van der Waals surface area contributed by atoms with Crippen LogP contribution in [0.5, 0.6) is 0 Å². The van der Waals surface area contributed by atoms with Gasteiger partial charge in [0.1, 0.15) is 0 Å². The highest BCUT2D eigenvalue weighted by Gasteiger charge is 2.17. The van der Waals surface area contributed by atoms with Crippen molar-refractivity contribution in [3.8, 4) is 0 Å². The lowest BCUT2D eigenvalue weighted by Gasteiger charge is -2.11. The number of para-hydroxylation sites is 2. The molecule has 0 atom stereocenters. The molecule has 0 saturated carbocycles. The maximum atomic E-state index is 13.3. The van der Waals surface area contributed by atoms with Gasteiger partial charge in [-0.15, -0.1) is 10.2 Å². The average Bonchev–Trinajstić information content (AvgIpc) is 3.27. The topological polar surface area (TPSA) is 81.3 Å². The Morgan fingerprint density at radius 2 is 1.58 bits per heavy atom. The SMILES string of the molecule is O=C(CCSc1nnc2n(Cc3ccccc3)c(=O)c3ccccc3n12)Nc1ccccc1. The molecule has 3 aromatic carbocycles. The van der Waals surface area contributed by atoms with Gasteiger partial charge in [-0.3, -0.25) is 18.6 Å². The number of thioether (sulfide) groups is 1. The minimum atomic E-state index is -0.104. The molecule has 7 nitrogen and oxygen atoms in total. The van der Waals surface area contributed by atoms with Crippen molar-refractivity contribution in [2.45, 2.75) is 18.1 Å². The van der Waals surface area contributed by atoms with Crippen molar-refractivity contribution >= 4 is 40.0 Å². The summed E-state index contributed by atoms with van der Waals surface area (Å²) in [6.45, 7) is 0.399. The first-order chi connectivity index (χ1) is 16.2. The van der Waals surface area contributed by atoms with E-state index in [1.165, 1.54) is 11.8 Å². The molecule has 5 rings (SSSR count). The summed E-state index contributed by atoms with van der Waals surface area (Å²) in [5.74, 6) is 0.957. The van der Waals surface area contributed by atoms with Crippen molar-refractivity contribution < 1.29 is 4.79 Å². The van der Waals surface area contributed by atoms with Crippen molar-refractivity contribution in [2.24, 2.45) is 0 Å². The van der Waals surface area contributed by atoms with E-state index in [4.69, 9.17) is 0 Å². The maximum absolute atomic E-state index is 13.3. The lowest BCUT2D eigenvalue weighted by molar-refractivity contribution is -0.115. The largest absolute Gasteiger partial charge is 0.326 e. The van der Waals surface area contributed by atoms with Crippen LogP contribution in [-0.2, 0) is 11.3 Å². The summed E-state index contributed by atoms with van der Waals surface area (Å²) < 4.78 is 3.55. The van der Waals surface area contributed by atoms with Gasteiger partial charge in [-0.2, -0.15) is 0 Å². The van der Waals surface area contributed by atoms with E-state index in [0.717, 1.165) is 16.8 Å². The summed E-state index contributed by atoms with van der Waals surface area (Å²) in [6.07, 6.45) is 0.329. The summed E-state index contributed by atoms with van der Waals surface area (Å²) in [5, 5.41) is 12.8. The molecule has 33 heavy (non-hydrogen) atoms. The predicted octanol–water partition coefficient (Wildman–Crippen LogP) is 4.21. The second-order valence-electron chi connectivity index (χ2n) is 7.52. The molecule has 0 spiro atoms. The van der Waals surface area contributed by atoms with Crippen LogP contribution in [0.2, 0.25) is 0 Å². The molecule has 1 N–H and O–H groups in total. The van der Waals surface area contributed by atoms with Gasteiger partial charge in [0.05, 0.1) is 17.4 Å². The standard InChI is InChI=1S/C25H21N5O2S/c31-22(26-19-11-5-2-6-12-19)15-16-33-25-28-27-24-29(17-18-9-3-1-4-10-18)23(32)20-13-7-8-14-21(20)30(24)25/h1-14H,15-17H2,(H,26,31). The molecule has 0 bridgehead atoms. The second-order valence-corrected chi connectivity index (χ2v) is 8.59. The van der Waals surface area contributed by atoms with E-state index in [0.29, 0.717) is 35.0 Å². The number of rotatable bonds is 7. The number of hydrogen-bond acceptors (Lipinski definition) is 5. The van der Waals surface area contributed by atoms with E-state index in [1.807, 2.05) is 89.3 Å². The lowest BCUT2D eigenvalue weighted by Crippen LogP contribution is -2.24. The number of amides is 1. The number of hydrogen-bond donors (Lipinski definition) is 1. The van der Waals surface area contributed by atoms with E-state index in [-0.39, 0.29) is 11.5 Å². The minimum absolute atomic E-state index is 0.0617. The maximum Gasteiger partial charge on any atom is 0.263 e. The van der Waals surface area contributed by atoms with Crippen LogP contribution in [0.25, 0.3) is 16.7 Å². The molecule has 0 radical (unpaired) electrons. The zero-order valence-corrected chi connectivity index (χ0v) is 18.5. The summed E-state index contributed by atoms with van der Waals surface area (Å²) in [6, 6.07) is 26.7. The first-order valence-electron chi connectivity index (χ1n) is 10.6. The number of nitrogens with one attached hydrogen (secondary N) is 1. The Hall–Kier alpha value is -3.91. The molecule has 0 aliphatic heterocycles. The average molecular weight is 456 g/mol. The van der Waals surface area contributed by atoms with E-state index >= 15 is 0 Å². The molecule has 0 saturated heterocycles. The highest BCUT2D eigenvalue weighted by atomic mass is 32.2. The van der Waals surface area contributed by atoms with Gasteiger partial charge < -0.3 is 5.32 Å². The first-order valence-corrected chi connectivity index (χ1v) is 11.6. The van der Waals surface area contributed by atoms with E-state index in [2.05, 4.69) is 15.5 Å². The molecule has 0 aliphatic carbocycles. The fourth-order valence-electron chi connectivity index (χ4n) is 3.72. The number of carbonyl (C=O) groups is 1. The van der Waals surface area contributed by atoms with Crippen LogP contribution in [0, 0.1) is 0 Å². The number of fused-ring (bicyclic) bond motifs is 3. The molecule has 2 heterocycles. The van der Waals surface area contributed by atoms with Gasteiger partial charge in [-0.05, 0) is 29.8 Å². The Bertz CT molecular complexity index is 1480. The Morgan fingerprint density at radius 3 is 2.36 bits per heavy atom. The molecule has 1 amide bonds. The number of carbonyl (C=O) groups excluding carboxylic acids is 1. The van der Waals surface area contributed by atoms with Crippen LogP contribution in [0.15, 0.2) is 94.9 Å². The van der Waals surface area contributed by atoms with Gasteiger partial charge in [-0.1, -0.05) is 72.4 Å². The Morgan fingerprint density at radius 1 is 0.879 bits per heavy atom. The number of benzene rings is 3. The summed E-state index contributed by atoms with van der Waals surface area (Å²) >= 11 is 1.44. The number of nitrogens with zero attached hydrogens (tertiary/aromatic N) is 4. The van der Waals surface area contributed by atoms with Gasteiger partial charge in [0.15, 0.2) is 5.16 Å². The normalized spacial score (nSPS) is 11.2. The predicted molar refractivity (Wildman–Crippen MR) is 131 cm³/mol. The fraction of sp³-hybridized carbons (Fsp3) is 0.120. The Kier molecular flexibility index (Phi) is 5.91. The summed E-state index contributed by atoms with van der Waals surface area (Å²) in [4.78, 5) is 25.6. The highest BCUT2D eigenvalue weighted by Crippen LogP contribution is 2.22. The molecule has 0 fully saturated rings. The van der Waals surface area contributed by atoms with Crippen LogP contribution in [0.4, 0.5) is 5.69 Å². The van der Waals surface area contributed by atoms with Gasteiger partial charge >= 0.3 is 0 Å². The highest BCUT2D eigenvalue weighted by molar-refractivity contribution is 7.99. The molecular weight excluding hydrogens is 434 g/mol. The zero-order valence-electron chi connectivity index (χ0n) is 17.7. The van der Waals surface area contributed by atoms with Crippen molar-refractivity contribution in [2.75, 3.05) is 11.1 Å². The molecule has 2 aromatic heterocycles. The van der Waals surface area contributed by atoms with Crippen molar-refractivity contribution in [1.82, 2.24) is 19.2 Å². The molecule has 8 heteroatoms. The third kappa shape index (κ3) is 4.38. The minimum Gasteiger partial charge on any atom is -0.326 e. The van der Waals surface area contributed by atoms with Gasteiger partial charge in [-0.25, -0.2) is 0 Å². The molecule has 0 unspecified atom stereocenters. The molecule has 5 aromatic rings. The molecule has 164 valence electrons. The third-order valence-electron chi connectivity index (χ3n) is 5.28.